The number of aromatic amines is 2. The first-order chi connectivity index (χ1) is 9.16. The van der Waals surface area contributed by atoms with Crippen molar-refractivity contribution in [1.82, 2.24) is 15.2 Å². The Balaban J connectivity index is 2.12. The van der Waals surface area contributed by atoms with Crippen molar-refractivity contribution in [2.24, 2.45) is 4.99 Å². The molecule has 5 nitrogen and oxygen atoms in total. The van der Waals surface area contributed by atoms with Crippen LogP contribution in [0, 0.1) is 0 Å². The highest BCUT2D eigenvalue weighted by Crippen LogP contribution is 2.30. The van der Waals surface area contributed by atoms with Crippen LogP contribution in [-0.4, -0.2) is 21.4 Å². The Morgan fingerprint density at radius 1 is 1.32 bits per heavy atom. The lowest BCUT2D eigenvalue weighted by atomic mass is 10.0. The molecule has 2 aromatic heterocycles. The predicted octanol–water partition coefficient (Wildman–Crippen LogP) is 2.48. The molecule has 1 aliphatic rings. The van der Waals surface area contributed by atoms with Crippen molar-refractivity contribution in [3.8, 4) is 0 Å². The van der Waals surface area contributed by atoms with E-state index in [0.29, 0.717) is 11.4 Å². The van der Waals surface area contributed by atoms with Gasteiger partial charge >= 0.3 is 0 Å². The topological polar surface area (TPSA) is 73.9 Å². The molecule has 2 aromatic rings. The average Bonchev–Trinajstić information content (AvgIpc) is 2.96. The van der Waals surface area contributed by atoms with Crippen molar-refractivity contribution in [2.45, 2.75) is 19.8 Å². The van der Waals surface area contributed by atoms with Gasteiger partial charge in [-0.05, 0) is 24.1 Å². The first-order valence-corrected chi connectivity index (χ1v) is 6.18. The maximum atomic E-state index is 11.9. The first kappa shape index (κ1) is 11.6. The third-order valence-corrected chi connectivity index (χ3v) is 3.15. The lowest BCUT2D eigenvalue weighted by molar-refractivity contribution is 0.808. The number of aromatic nitrogens is 3. The third kappa shape index (κ3) is 1.93. The highest BCUT2D eigenvalue weighted by Gasteiger charge is 2.16. The molecule has 3 rings (SSSR count). The summed E-state index contributed by atoms with van der Waals surface area (Å²) in [4.78, 5) is 20.3. The maximum Gasteiger partial charge on any atom is 0.271 e. The summed E-state index contributed by atoms with van der Waals surface area (Å²) >= 11 is 0. The maximum absolute atomic E-state index is 11.9. The molecule has 0 saturated carbocycles. The third-order valence-electron chi connectivity index (χ3n) is 3.15. The Kier molecular flexibility index (Phi) is 2.67. The number of nitrogens with one attached hydrogen (secondary N) is 2. The molecule has 0 aliphatic carbocycles. The number of fused-ring (bicyclic) bond motifs is 1. The summed E-state index contributed by atoms with van der Waals surface area (Å²) in [6, 6.07) is 3.82. The van der Waals surface area contributed by atoms with Crippen LogP contribution in [0.15, 0.2) is 28.1 Å². The molecule has 1 aliphatic heterocycles. The van der Waals surface area contributed by atoms with E-state index in [0.717, 1.165) is 16.8 Å². The largest absolute Gasteiger partial charge is 0.301 e. The van der Waals surface area contributed by atoms with Gasteiger partial charge in [0.1, 0.15) is 0 Å². The Morgan fingerprint density at radius 3 is 2.95 bits per heavy atom. The van der Waals surface area contributed by atoms with Crippen molar-refractivity contribution in [1.29, 1.82) is 0 Å². The van der Waals surface area contributed by atoms with Gasteiger partial charge in [-0.25, -0.2) is 9.98 Å². The summed E-state index contributed by atoms with van der Waals surface area (Å²) in [5, 5.41) is 5.56. The van der Waals surface area contributed by atoms with Crippen LogP contribution in [0.5, 0.6) is 0 Å². The van der Waals surface area contributed by atoms with Crippen LogP contribution < -0.4 is 5.56 Å². The quantitative estimate of drug-likeness (QED) is 0.864. The van der Waals surface area contributed by atoms with Gasteiger partial charge in [-0.15, -0.1) is 0 Å². The molecule has 0 saturated heterocycles. The van der Waals surface area contributed by atoms with E-state index in [9.17, 15) is 4.79 Å². The number of H-pyrrole nitrogens is 2. The molecule has 0 bridgehead atoms. The Morgan fingerprint density at radius 2 is 2.16 bits per heavy atom. The fourth-order valence-electron chi connectivity index (χ4n) is 2.18. The van der Waals surface area contributed by atoms with Crippen LogP contribution in [0.2, 0.25) is 0 Å². The molecule has 0 radical (unpaired) electrons. The van der Waals surface area contributed by atoms with E-state index in [1.54, 1.807) is 12.4 Å². The fraction of sp³-hybridized carbons (Fsp3) is 0.214. The lowest BCUT2D eigenvalue weighted by Gasteiger charge is -2.03. The zero-order valence-corrected chi connectivity index (χ0v) is 10.8. The predicted molar refractivity (Wildman–Crippen MR) is 75.8 cm³/mol. The van der Waals surface area contributed by atoms with E-state index in [4.69, 9.17) is 0 Å². The van der Waals surface area contributed by atoms with E-state index in [1.165, 1.54) is 0 Å². The average molecular weight is 254 g/mol. The first-order valence-electron chi connectivity index (χ1n) is 6.18. The number of pyridine rings is 1. The van der Waals surface area contributed by atoms with E-state index in [1.807, 2.05) is 32.1 Å². The number of hydrogen-bond acceptors (Lipinski definition) is 3. The molecule has 19 heavy (non-hydrogen) atoms. The molecule has 0 amide bonds. The van der Waals surface area contributed by atoms with Gasteiger partial charge in [0.2, 0.25) is 0 Å². The standard InChI is InChI=1S/C14H14N4O/c1-8(2)12-11(14(19)18-17-12)6-9-7-16-13-10(9)4-3-5-15-13/h3-8H,1-2H3,(H2,17,18,19). The van der Waals surface area contributed by atoms with Crippen molar-refractivity contribution < 1.29 is 0 Å². The van der Waals surface area contributed by atoms with Gasteiger partial charge in [-0.1, -0.05) is 13.8 Å². The molecule has 0 aromatic carbocycles. The molecular weight excluding hydrogens is 240 g/mol. The molecule has 0 atom stereocenters. The van der Waals surface area contributed by atoms with E-state index in [2.05, 4.69) is 20.2 Å². The monoisotopic (exact) mass is 254 g/mol. The van der Waals surface area contributed by atoms with Gasteiger partial charge in [-0.3, -0.25) is 9.89 Å². The second kappa shape index (κ2) is 4.35. The van der Waals surface area contributed by atoms with Crippen molar-refractivity contribution in [2.75, 3.05) is 0 Å². The SMILES string of the molecule is CC(C)c1[nH][nH]c(=O)c1C=C1C=Nc2ncccc21. The summed E-state index contributed by atoms with van der Waals surface area (Å²) in [7, 11) is 0. The van der Waals surface area contributed by atoms with Crippen molar-refractivity contribution >= 4 is 23.7 Å². The molecule has 3 heterocycles. The normalized spacial score (nSPS) is 15.4. The van der Waals surface area contributed by atoms with Gasteiger partial charge in [0.05, 0.1) is 5.56 Å². The minimum Gasteiger partial charge on any atom is -0.301 e. The number of aliphatic imine (C=N–C) groups is 1. The summed E-state index contributed by atoms with van der Waals surface area (Å²) < 4.78 is 0. The minimum atomic E-state index is -0.109. The van der Waals surface area contributed by atoms with Gasteiger partial charge < -0.3 is 5.10 Å². The molecule has 0 unspecified atom stereocenters. The van der Waals surface area contributed by atoms with Gasteiger partial charge in [0.15, 0.2) is 5.82 Å². The van der Waals surface area contributed by atoms with Crippen LogP contribution in [-0.2, 0) is 0 Å². The molecule has 5 heteroatoms. The highest BCUT2D eigenvalue weighted by atomic mass is 16.1. The van der Waals surface area contributed by atoms with Crippen molar-refractivity contribution in [3.05, 3.63) is 45.5 Å². The van der Waals surface area contributed by atoms with Crippen LogP contribution in [0.1, 0.15) is 36.6 Å². The molecule has 0 spiro atoms. The second-order valence-corrected chi connectivity index (χ2v) is 4.79. The minimum absolute atomic E-state index is 0.109. The number of hydrogen-bond donors (Lipinski definition) is 2. The summed E-state index contributed by atoms with van der Waals surface area (Å²) in [6.45, 7) is 4.08. The van der Waals surface area contributed by atoms with Crippen LogP contribution in [0.25, 0.3) is 11.6 Å². The van der Waals surface area contributed by atoms with Crippen LogP contribution in [0.3, 0.4) is 0 Å². The second-order valence-electron chi connectivity index (χ2n) is 4.79. The zero-order chi connectivity index (χ0) is 13.4. The molecule has 0 fully saturated rings. The van der Waals surface area contributed by atoms with E-state index in [-0.39, 0.29) is 11.5 Å². The van der Waals surface area contributed by atoms with Crippen LogP contribution >= 0.6 is 0 Å². The van der Waals surface area contributed by atoms with Gasteiger partial charge in [0.25, 0.3) is 5.56 Å². The summed E-state index contributed by atoms with van der Waals surface area (Å²) in [5.74, 6) is 0.948. The van der Waals surface area contributed by atoms with Crippen LogP contribution in [0.4, 0.5) is 5.82 Å². The van der Waals surface area contributed by atoms with Gasteiger partial charge in [-0.2, -0.15) is 0 Å². The van der Waals surface area contributed by atoms with E-state index < -0.39 is 0 Å². The smallest absolute Gasteiger partial charge is 0.271 e. The number of nitrogens with zero attached hydrogens (tertiary/aromatic N) is 2. The van der Waals surface area contributed by atoms with Crippen molar-refractivity contribution in [3.63, 3.8) is 0 Å². The van der Waals surface area contributed by atoms with Gasteiger partial charge in [0, 0.05) is 29.2 Å². The summed E-state index contributed by atoms with van der Waals surface area (Å²) in [5.41, 5.74) is 3.33. The molecule has 2 N–H and O–H groups in total. The lowest BCUT2D eigenvalue weighted by Crippen LogP contribution is -2.03. The number of allylic oxidation sites excluding steroid dienone is 1. The molecular formula is C14H14N4O. The highest BCUT2D eigenvalue weighted by molar-refractivity contribution is 6.20. The Labute approximate surface area is 110 Å². The Hall–Kier alpha value is -2.43. The summed E-state index contributed by atoms with van der Waals surface area (Å²) in [6.07, 6.45) is 5.32. The fourth-order valence-corrected chi connectivity index (χ4v) is 2.18. The molecule has 96 valence electrons. The number of rotatable bonds is 2. The zero-order valence-electron chi connectivity index (χ0n) is 10.8. The van der Waals surface area contributed by atoms with E-state index >= 15 is 0 Å². The Bertz CT molecular complexity index is 734.